The van der Waals surface area contributed by atoms with Crippen LogP contribution in [-0.2, 0) is 6.54 Å². The van der Waals surface area contributed by atoms with Crippen LogP contribution in [0.15, 0.2) is 39.5 Å². The van der Waals surface area contributed by atoms with Gasteiger partial charge in [0.05, 0.1) is 11.9 Å². The zero-order valence-corrected chi connectivity index (χ0v) is 13.9. The Morgan fingerprint density at radius 2 is 2.17 bits per heavy atom. The summed E-state index contributed by atoms with van der Waals surface area (Å²) in [7, 11) is 0. The molecule has 3 rings (SSSR count). The van der Waals surface area contributed by atoms with Gasteiger partial charge in [-0.3, -0.25) is 9.48 Å². The minimum atomic E-state index is -4.38. The molecular weight excluding hydrogens is 391 g/mol. The van der Waals surface area contributed by atoms with Crippen LogP contribution in [0.25, 0.3) is 11.0 Å². The highest BCUT2D eigenvalue weighted by Crippen LogP contribution is 2.28. The largest absolute Gasteiger partial charge is 0.451 e. The lowest BCUT2D eigenvalue weighted by Gasteiger charge is -2.05. The minimum absolute atomic E-state index is 0.103. The number of aromatic nitrogens is 2. The third-order valence-corrected chi connectivity index (χ3v) is 3.83. The maximum absolute atomic E-state index is 12.3. The number of anilines is 1. The van der Waals surface area contributed by atoms with Crippen molar-refractivity contribution < 1.29 is 22.4 Å². The zero-order valence-electron chi connectivity index (χ0n) is 12.3. The molecule has 0 unspecified atom stereocenters. The van der Waals surface area contributed by atoms with Gasteiger partial charge in [0.25, 0.3) is 5.91 Å². The van der Waals surface area contributed by atoms with E-state index in [-0.39, 0.29) is 11.4 Å². The number of benzene rings is 1. The number of aryl methyl sites for hydroxylation is 1. The van der Waals surface area contributed by atoms with Crippen LogP contribution >= 0.6 is 15.9 Å². The second-order valence-corrected chi connectivity index (χ2v) is 6.11. The first-order chi connectivity index (χ1) is 11.2. The predicted molar refractivity (Wildman–Crippen MR) is 84.9 cm³/mol. The van der Waals surface area contributed by atoms with Crippen molar-refractivity contribution in [2.24, 2.45) is 0 Å². The number of amides is 1. The lowest BCUT2D eigenvalue weighted by Crippen LogP contribution is -2.18. The highest BCUT2D eigenvalue weighted by atomic mass is 79.9. The first kappa shape index (κ1) is 16.6. The molecule has 0 saturated carbocycles. The molecule has 3 aromatic rings. The Kier molecular flexibility index (Phi) is 4.12. The van der Waals surface area contributed by atoms with Gasteiger partial charge in [0.1, 0.15) is 12.1 Å². The number of fused-ring (bicyclic) bond motifs is 1. The van der Waals surface area contributed by atoms with Gasteiger partial charge < -0.3 is 9.73 Å². The topological polar surface area (TPSA) is 60.1 Å². The second-order valence-electron chi connectivity index (χ2n) is 5.19. The van der Waals surface area contributed by atoms with Crippen molar-refractivity contribution in [1.82, 2.24) is 9.78 Å². The maximum Gasteiger partial charge on any atom is 0.408 e. The standard InChI is InChI=1S/C15H11BrF3N3O2/c1-8-11-3-2-9(16)4-12(11)24-13(8)14(23)21-10-5-20-22(6-10)7-15(17,18)19/h2-6H,7H2,1H3,(H,21,23). The van der Waals surface area contributed by atoms with Crippen molar-refractivity contribution in [2.45, 2.75) is 19.6 Å². The van der Waals surface area contributed by atoms with E-state index in [1.807, 2.05) is 12.1 Å². The third kappa shape index (κ3) is 3.45. The summed E-state index contributed by atoms with van der Waals surface area (Å²) >= 11 is 3.32. The van der Waals surface area contributed by atoms with Gasteiger partial charge in [-0.05, 0) is 25.1 Å². The zero-order chi connectivity index (χ0) is 17.5. The lowest BCUT2D eigenvalue weighted by atomic mass is 10.1. The Labute approximate surface area is 142 Å². The number of nitrogens with one attached hydrogen (secondary N) is 1. The van der Waals surface area contributed by atoms with Gasteiger partial charge in [0.15, 0.2) is 5.76 Å². The number of carbonyl (C=O) groups excluding carboxylic acids is 1. The van der Waals surface area contributed by atoms with Gasteiger partial charge in [-0.2, -0.15) is 18.3 Å². The molecule has 0 saturated heterocycles. The van der Waals surface area contributed by atoms with Gasteiger partial charge in [-0.25, -0.2) is 0 Å². The molecule has 5 nitrogen and oxygen atoms in total. The molecule has 0 fully saturated rings. The van der Waals surface area contributed by atoms with E-state index < -0.39 is 18.6 Å². The fourth-order valence-electron chi connectivity index (χ4n) is 2.30. The minimum Gasteiger partial charge on any atom is -0.451 e. The molecule has 2 heterocycles. The van der Waals surface area contributed by atoms with E-state index in [9.17, 15) is 18.0 Å². The van der Waals surface area contributed by atoms with Crippen molar-refractivity contribution in [3.8, 4) is 0 Å². The molecule has 0 spiro atoms. The van der Waals surface area contributed by atoms with Gasteiger partial charge in [-0.15, -0.1) is 0 Å². The number of carbonyl (C=O) groups is 1. The number of halogens is 4. The number of hydrogen-bond donors (Lipinski definition) is 1. The van der Waals surface area contributed by atoms with Crippen molar-refractivity contribution >= 4 is 38.5 Å². The van der Waals surface area contributed by atoms with Crippen LogP contribution in [0.1, 0.15) is 16.1 Å². The first-order valence-corrected chi connectivity index (χ1v) is 7.61. The molecule has 126 valence electrons. The molecule has 0 bridgehead atoms. The smallest absolute Gasteiger partial charge is 0.408 e. The predicted octanol–water partition coefficient (Wildman–Crippen LogP) is 4.51. The highest BCUT2D eigenvalue weighted by Gasteiger charge is 2.28. The van der Waals surface area contributed by atoms with Crippen molar-refractivity contribution in [2.75, 3.05) is 5.32 Å². The molecule has 0 aliphatic heterocycles. The van der Waals surface area contributed by atoms with E-state index in [0.717, 1.165) is 22.3 Å². The summed E-state index contributed by atoms with van der Waals surface area (Å²) in [4.78, 5) is 12.3. The van der Waals surface area contributed by atoms with E-state index in [2.05, 4.69) is 26.3 Å². The van der Waals surface area contributed by atoms with Crippen LogP contribution < -0.4 is 5.32 Å². The monoisotopic (exact) mass is 401 g/mol. The van der Waals surface area contributed by atoms with Crippen LogP contribution in [0.4, 0.5) is 18.9 Å². The van der Waals surface area contributed by atoms with Crippen molar-refractivity contribution in [1.29, 1.82) is 0 Å². The van der Waals surface area contributed by atoms with Gasteiger partial charge in [-0.1, -0.05) is 15.9 Å². The molecule has 2 aromatic heterocycles. The van der Waals surface area contributed by atoms with E-state index >= 15 is 0 Å². The van der Waals surface area contributed by atoms with Gasteiger partial charge in [0, 0.05) is 21.6 Å². The molecule has 0 atom stereocenters. The average Bonchev–Trinajstić information content (AvgIpc) is 3.01. The summed E-state index contributed by atoms with van der Waals surface area (Å²) < 4.78 is 44.0. The third-order valence-electron chi connectivity index (χ3n) is 3.34. The Morgan fingerprint density at radius 3 is 2.88 bits per heavy atom. The van der Waals surface area contributed by atoms with Crippen molar-refractivity contribution in [3.63, 3.8) is 0 Å². The molecule has 0 aliphatic carbocycles. The van der Waals surface area contributed by atoms with Crippen molar-refractivity contribution in [3.05, 3.63) is 46.4 Å². The summed E-state index contributed by atoms with van der Waals surface area (Å²) in [6.07, 6.45) is -2.12. The molecule has 0 aliphatic rings. The molecule has 1 aromatic carbocycles. The van der Waals surface area contributed by atoms with Crippen LogP contribution in [0.5, 0.6) is 0 Å². The van der Waals surface area contributed by atoms with Crippen LogP contribution in [0.2, 0.25) is 0 Å². The van der Waals surface area contributed by atoms with Gasteiger partial charge >= 0.3 is 6.18 Å². The molecule has 1 N–H and O–H groups in total. The first-order valence-electron chi connectivity index (χ1n) is 6.82. The number of hydrogen-bond acceptors (Lipinski definition) is 3. The Balaban J connectivity index is 1.81. The fourth-order valence-corrected chi connectivity index (χ4v) is 2.64. The lowest BCUT2D eigenvalue weighted by molar-refractivity contribution is -0.142. The Bertz CT molecular complexity index is 914. The Morgan fingerprint density at radius 1 is 1.42 bits per heavy atom. The molecule has 9 heteroatoms. The Hall–Kier alpha value is -2.29. The number of nitrogens with zero attached hydrogens (tertiary/aromatic N) is 2. The van der Waals surface area contributed by atoms with Crippen LogP contribution in [0, 0.1) is 6.92 Å². The summed E-state index contributed by atoms with van der Waals surface area (Å²) in [6, 6.07) is 5.38. The summed E-state index contributed by atoms with van der Waals surface area (Å²) in [5.41, 5.74) is 1.35. The quantitative estimate of drug-likeness (QED) is 0.701. The maximum atomic E-state index is 12.3. The summed E-state index contributed by atoms with van der Waals surface area (Å²) in [5, 5.41) is 6.84. The highest BCUT2D eigenvalue weighted by molar-refractivity contribution is 9.10. The van der Waals surface area contributed by atoms with E-state index in [0.29, 0.717) is 15.8 Å². The van der Waals surface area contributed by atoms with E-state index in [4.69, 9.17) is 4.42 Å². The van der Waals surface area contributed by atoms with Gasteiger partial charge in [0.2, 0.25) is 0 Å². The number of furan rings is 1. The number of rotatable bonds is 3. The van der Waals surface area contributed by atoms with Crippen LogP contribution in [0.3, 0.4) is 0 Å². The normalized spacial score (nSPS) is 11.9. The SMILES string of the molecule is Cc1c(C(=O)Nc2cnn(CC(F)(F)F)c2)oc2cc(Br)ccc12. The average molecular weight is 402 g/mol. The summed E-state index contributed by atoms with van der Waals surface area (Å²) in [6.45, 7) is 0.516. The van der Waals surface area contributed by atoms with Crippen LogP contribution in [-0.4, -0.2) is 21.9 Å². The molecule has 1 amide bonds. The fraction of sp³-hybridized carbons (Fsp3) is 0.200. The summed E-state index contributed by atoms with van der Waals surface area (Å²) in [5.74, 6) is -0.446. The molecular formula is C15H11BrF3N3O2. The molecule has 24 heavy (non-hydrogen) atoms. The second kappa shape index (κ2) is 5.97. The molecule has 0 radical (unpaired) electrons. The number of alkyl halides is 3. The van der Waals surface area contributed by atoms with E-state index in [1.54, 1.807) is 13.0 Å². The van der Waals surface area contributed by atoms with E-state index in [1.165, 1.54) is 0 Å².